The molecule has 0 spiro atoms. The van der Waals surface area contributed by atoms with Crippen molar-refractivity contribution in [2.45, 2.75) is 44.1 Å². The Hall–Kier alpha value is -0.820. The molecule has 1 fully saturated rings. The molecule has 0 amide bonds. The molecule has 1 N–H and O–H groups in total. The van der Waals surface area contributed by atoms with Gasteiger partial charge in [-0.25, -0.2) is 0 Å². The molecule has 1 heteroatoms. The Kier molecular flexibility index (Phi) is 2.96. The van der Waals surface area contributed by atoms with Crippen LogP contribution >= 0.6 is 0 Å². The number of aliphatic hydroxyl groups is 1. The summed E-state index contributed by atoms with van der Waals surface area (Å²) in [6, 6.07) is 0. The van der Waals surface area contributed by atoms with Crippen LogP contribution in [0.5, 0.6) is 0 Å². The van der Waals surface area contributed by atoms with Crippen molar-refractivity contribution in [3.63, 3.8) is 0 Å². The lowest BCUT2D eigenvalue weighted by molar-refractivity contribution is -0.0814. The van der Waals surface area contributed by atoms with E-state index in [4.69, 9.17) is 0 Å². The van der Waals surface area contributed by atoms with Crippen LogP contribution in [0.4, 0.5) is 0 Å². The van der Waals surface area contributed by atoms with Crippen LogP contribution in [0.3, 0.4) is 0 Å². The monoisotopic (exact) mass is 230 g/mol. The highest BCUT2D eigenvalue weighted by atomic mass is 16.3. The van der Waals surface area contributed by atoms with E-state index in [-0.39, 0.29) is 0 Å². The molecule has 4 atom stereocenters. The van der Waals surface area contributed by atoms with Crippen molar-refractivity contribution in [2.75, 3.05) is 0 Å². The van der Waals surface area contributed by atoms with Gasteiger partial charge in [0.1, 0.15) is 0 Å². The molecule has 0 saturated heterocycles. The lowest BCUT2D eigenvalue weighted by atomic mass is 9.61. The number of hydrogen-bond acceptors (Lipinski definition) is 1. The Morgan fingerprint density at radius 1 is 1.00 bits per heavy atom. The zero-order chi connectivity index (χ0) is 11.7. The van der Waals surface area contributed by atoms with E-state index in [2.05, 4.69) is 36.5 Å². The minimum atomic E-state index is -0.485. The summed E-state index contributed by atoms with van der Waals surface area (Å²) in [6.45, 7) is 0. The Labute approximate surface area is 104 Å². The molecule has 0 bridgehead atoms. The van der Waals surface area contributed by atoms with Gasteiger partial charge in [-0.05, 0) is 44.4 Å². The van der Waals surface area contributed by atoms with Crippen LogP contribution in [0.2, 0.25) is 0 Å². The van der Waals surface area contributed by atoms with Crippen LogP contribution in [-0.4, -0.2) is 10.7 Å². The van der Waals surface area contributed by atoms with Crippen molar-refractivity contribution < 1.29 is 5.11 Å². The topological polar surface area (TPSA) is 20.2 Å². The highest BCUT2D eigenvalue weighted by Gasteiger charge is 2.46. The van der Waals surface area contributed by atoms with E-state index in [1.165, 1.54) is 25.7 Å². The first-order valence-corrected chi connectivity index (χ1v) is 7.05. The maximum atomic E-state index is 11.2. The van der Waals surface area contributed by atoms with Gasteiger partial charge in [0.05, 0.1) is 5.60 Å². The smallest absolute Gasteiger partial charge is 0.0778 e. The van der Waals surface area contributed by atoms with Crippen molar-refractivity contribution in [3.05, 3.63) is 36.5 Å². The average Bonchev–Trinajstić information content (AvgIpc) is 2.40. The molecule has 0 aromatic carbocycles. The molecule has 0 heterocycles. The van der Waals surface area contributed by atoms with Crippen LogP contribution in [0, 0.1) is 17.8 Å². The molecule has 3 rings (SSSR count). The summed E-state index contributed by atoms with van der Waals surface area (Å²) in [4.78, 5) is 0. The minimum absolute atomic E-state index is 0.342. The molecular weight excluding hydrogens is 208 g/mol. The van der Waals surface area contributed by atoms with Crippen LogP contribution in [0.25, 0.3) is 0 Å². The maximum Gasteiger partial charge on any atom is 0.0778 e. The largest absolute Gasteiger partial charge is 0.389 e. The molecule has 3 aliphatic carbocycles. The van der Waals surface area contributed by atoms with Gasteiger partial charge in [0, 0.05) is 11.8 Å². The van der Waals surface area contributed by atoms with E-state index in [1.54, 1.807) is 0 Å². The molecular formula is C16H22O. The first-order chi connectivity index (χ1) is 8.31. The fourth-order valence-corrected chi connectivity index (χ4v) is 3.92. The third-order valence-corrected chi connectivity index (χ3v) is 4.84. The van der Waals surface area contributed by atoms with E-state index in [9.17, 15) is 5.11 Å². The fourth-order valence-electron chi connectivity index (χ4n) is 3.92. The van der Waals surface area contributed by atoms with Gasteiger partial charge in [0.15, 0.2) is 0 Å². The Bertz CT molecular complexity index is 366. The molecule has 0 aliphatic heterocycles. The van der Waals surface area contributed by atoms with E-state index in [0.29, 0.717) is 17.8 Å². The van der Waals surface area contributed by atoms with Crippen LogP contribution < -0.4 is 0 Å². The molecule has 1 saturated carbocycles. The average molecular weight is 230 g/mol. The van der Waals surface area contributed by atoms with Crippen molar-refractivity contribution >= 4 is 0 Å². The fraction of sp³-hybridized carbons (Fsp3) is 0.625. The summed E-state index contributed by atoms with van der Waals surface area (Å²) in [7, 11) is 0. The van der Waals surface area contributed by atoms with E-state index < -0.39 is 5.60 Å². The Morgan fingerprint density at radius 2 is 1.88 bits per heavy atom. The Balaban J connectivity index is 1.88. The Morgan fingerprint density at radius 3 is 2.71 bits per heavy atom. The predicted molar refractivity (Wildman–Crippen MR) is 70.5 cm³/mol. The first kappa shape index (κ1) is 11.3. The highest BCUT2D eigenvalue weighted by molar-refractivity contribution is 5.22. The number of rotatable bonds is 1. The second kappa shape index (κ2) is 4.45. The van der Waals surface area contributed by atoms with Crippen molar-refractivity contribution in [3.8, 4) is 0 Å². The highest BCUT2D eigenvalue weighted by Crippen LogP contribution is 2.47. The second-order valence-corrected chi connectivity index (χ2v) is 5.81. The third kappa shape index (κ3) is 1.91. The molecule has 0 aromatic rings. The summed E-state index contributed by atoms with van der Waals surface area (Å²) >= 11 is 0. The quantitative estimate of drug-likeness (QED) is 0.682. The lowest BCUT2D eigenvalue weighted by Gasteiger charge is -2.48. The van der Waals surface area contributed by atoms with Gasteiger partial charge in [0.2, 0.25) is 0 Å². The van der Waals surface area contributed by atoms with Gasteiger partial charge in [0.25, 0.3) is 0 Å². The summed E-state index contributed by atoms with van der Waals surface area (Å²) in [5.74, 6) is 1.28. The van der Waals surface area contributed by atoms with Gasteiger partial charge < -0.3 is 5.11 Å². The molecule has 1 nitrogen and oxygen atoms in total. The third-order valence-electron chi connectivity index (χ3n) is 4.84. The van der Waals surface area contributed by atoms with E-state index in [1.807, 2.05) is 0 Å². The van der Waals surface area contributed by atoms with Crippen LogP contribution in [0.15, 0.2) is 36.5 Å². The zero-order valence-corrected chi connectivity index (χ0v) is 10.4. The second-order valence-electron chi connectivity index (χ2n) is 5.81. The summed E-state index contributed by atoms with van der Waals surface area (Å²) in [5, 5.41) is 11.2. The number of hydrogen-bond donors (Lipinski definition) is 1. The molecule has 0 radical (unpaired) electrons. The molecule has 92 valence electrons. The molecule has 17 heavy (non-hydrogen) atoms. The van der Waals surface area contributed by atoms with Gasteiger partial charge in [-0.1, -0.05) is 36.5 Å². The van der Waals surface area contributed by atoms with Gasteiger partial charge in [-0.15, -0.1) is 0 Å². The number of allylic oxidation sites excluding steroid dienone is 4. The van der Waals surface area contributed by atoms with E-state index >= 15 is 0 Å². The van der Waals surface area contributed by atoms with Crippen molar-refractivity contribution in [1.82, 2.24) is 0 Å². The SMILES string of the molecule is O[C@@]1([C@@H]2C=CCCC2)CCCC2C=CC=C[C@H]21. The van der Waals surface area contributed by atoms with Gasteiger partial charge in [-0.3, -0.25) is 0 Å². The summed E-state index contributed by atoms with van der Waals surface area (Å²) in [6.07, 6.45) is 20.3. The van der Waals surface area contributed by atoms with E-state index in [0.717, 1.165) is 12.8 Å². The molecule has 1 unspecified atom stereocenters. The minimum Gasteiger partial charge on any atom is -0.389 e. The van der Waals surface area contributed by atoms with Gasteiger partial charge >= 0.3 is 0 Å². The maximum absolute atomic E-state index is 11.2. The summed E-state index contributed by atoms with van der Waals surface area (Å²) < 4.78 is 0. The van der Waals surface area contributed by atoms with Crippen molar-refractivity contribution in [1.29, 1.82) is 0 Å². The zero-order valence-electron chi connectivity index (χ0n) is 10.4. The van der Waals surface area contributed by atoms with Crippen LogP contribution in [0.1, 0.15) is 38.5 Å². The lowest BCUT2D eigenvalue weighted by Crippen LogP contribution is -2.49. The molecule has 0 aromatic heterocycles. The molecule has 3 aliphatic rings. The van der Waals surface area contributed by atoms with Crippen molar-refractivity contribution in [2.24, 2.45) is 17.8 Å². The normalized spacial score (nSPS) is 44.6. The number of fused-ring (bicyclic) bond motifs is 1. The van der Waals surface area contributed by atoms with Crippen LogP contribution in [-0.2, 0) is 0 Å². The standard InChI is InChI=1S/C16H22O/c17-16(14-9-2-1-3-10-14)12-6-8-13-7-4-5-11-15(13)16/h2,4-5,7,9,11,13-15,17H,1,3,6,8,10,12H2/t13?,14-,15-,16-/m1/s1. The predicted octanol–water partition coefficient (Wildman–Crippen LogP) is 3.62. The summed E-state index contributed by atoms with van der Waals surface area (Å²) in [5.41, 5.74) is -0.485. The first-order valence-electron chi connectivity index (χ1n) is 7.05. The van der Waals surface area contributed by atoms with Gasteiger partial charge in [-0.2, -0.15) is 0 Å².